The molecule has 152 valence electrons. The minimum Gasteiger partial charge on any atom is -0.406 e. The van der Waals surface area contributed by atoms with Crippen LogP contribution in [-0.2, 0) is 6.54 Å². The third kappa shape index (κ3) is 6.14. The standard InChI is InChI=1S/C18H16F3N5O2S/c1-10-7-11(2)24-16(23-10)26-17-25-14(9-29-17)15(27)22-8-12-3-5-13(6-4-12)28-18(19,20)21/h3-7,9H,8H2,1-2H3,(H,22,27)(H,23,24,25,26). The highest BCUT2D eigenvalue weighted by molar-refractivity contribution is 7.14. The molecule has 0 saturated heterocycles. The highest BCUT2D eigenvalue weighted by atomic mass is 32.1. The summed E-state index contributed by atoms with van der Waals surface area (Å²) >= 11 is 1.23. The van der Waals surface area contributed by atoms with E-state index in [-0.39, 0.29) is 18.0 Å². The number of nitrogens with one attached hydrogen (secondary N) is 2. The zero-order valence-electron chi connectivity index (χ0n) is 15.4. The smallest absolute Gasteiger partial charge is 0.406 e. The van der Waals surface area contributed by atoms with Gasteiger partial charge in [-0.05, 0) is 37.6 Å². The Hall–Kier alpha value is -3.21. The second-order valence-corrected chi connectivity index (χ2v) is 6.87. The van der Waals surface area contributed by atoms with Crippen molar-refractivity contribution >= 4 is 28.3 Å². The third-order valence-corrected chi connectivity index (χ3v) is 4.31. The predicted octanol–water partition coefficient (Wildman–Crippen LogP) is 4.12. The Labute approximate surface area is 168 Å². The molecule has 2 aromatic heterocycles. The van der Waals surface area contributed by atoms with Crippen LogP contribution in [0.4, 0.5) is 24.3 Å². The van der Waals surface area contributed by atoms with Gasteiger partial charge in [0.15, 0.2) is 5.13 Å². The van der Waals surface area contributed by atoms with Gasteiger partial charge < -0.3 is 15.4 Å². The SMILES string of the molecule is Cc1cc(C)nc(Nc2nc(C(=O)NCc3ccc(OC(F)(F)F)cc3)cs2)n1. The second-order valence-electron chi connectivity index (χ2n) is 6.01. The van der Waals surface area contributed by atoms with Crippen molar-refractivity contribution in [2.45, 2.75) is 26.8 Å². The van der Waals surface area contributed by atoms with E-state index in [2.05, 4.69) is 30.3 Å². The van der Waals surface area contributed by atoms with Gasteiger partial charge in [0.25, 0.3) is 5.91 Å². The number of aryl methyl sites for hydroxylation is 2. The molecule has 3 rings (SSSR count). The normalized spacial score (nSPS) is 11.2. The van der Waals surface area contributed by atoms with Crippen molar-refractivity contribution in [2.75, 3.05) is 5.32 Å². The molecular formula is C18H16F3N5O2S. The minimum absolute atomic E-state index is 0.131. The Morgan fingerprint density at radius 1 is 1.10 bits per heavy atom. The Morgan fingerprint density at radius 2 is 1.76 bits per heavy atom. The predicted molar refractivity (Wildman–Crippen MR) is 101 cm³/mol. The number of carbonyl (C=O) groups excluding carboxylic acids is 1. The summed E-state index contributed by atoms with van der Waals surface area (Å²) in [5.74, 6) is -0.340. The van der Waals surface area contributed by atoms with E-state index in [0.717, 1.165) is 11.4 Å². The number of alkyl halides is 3. The quantitative estimate of drug-likeness (QED) is 0.620. The number of nitrogens with zero attached hydrogens (tertiary/aromatic N) is 3. The van der Waals surface area contributed by atoms with Crippen molar-refractivity contribution in [3.8, 4) is 5.75 Å². The van der Waals surface area contributed by atoms with E-state index in [9.17, 15) is 18.0 Å². The molecular weight excluding hydrogens is 407 g/mol. The number of benzene rings is 1. The molecule has 0 spiro atoms. The number of anilines is 2. The number of aromatic nitrogens is 3. The fraction of sp³-hybridized carbons (Fsp3) is 0.222. The molecule has 3 aromatic rings. The van der Waals surface area contributed by atoms with Crippen LogP contribution in [0.3, 0.4) is 0 Å². The molecule has 7 nitrogen and oxygen atoms in total. The van der Waals surface area contributed by atoms with Crippen molar-refractivity contribution in [2.24, 2.45) is 0 Å². The van der Waals surface area contributed by atoms with Gasteiger partial charge >= 0.3 is 6.36 Å². The van der Waals surface area contributed by atoms with Crippen LogP contribution in [0.25, 0.3) is 0 Å². The summed E-state index contributed by atoms with van der Waals surface area (Å²) in [6.45, 7) is 3.83. The van der Waals surface area contributed by atoms with Gasteiger partial charge in [-0.2, -0.15) is 0 Å². The number of halogens is 3. The van der Waals surface area contributed by atoms with Crippen LogP contribution in [0.15, 0.2) is 35.7 Å². The van der Waals surface area contributed by atoms with Crippen molar-refractivity contribution in [3.05, 3.63) is 58.4 Å². The fourth-order valence-corrected chi connectivity index (χ4v) is 3.08. The Balaban J connectivity index is 1.56. The Bertz CT molecular complexity index is 985. The molecule has 1 aromatic carbocycles. The van der Waals surface area contributed by atoms with Crippen molar-refractivity contribution < 1.29 is 22.7 Å². The van der Waals surface area contributed by atoms with Crippen LogP contribution >= 0.6 is 11.3 Å². The number of carbonyl (C=O) groups is 1. The maximum atomic E-state index is 12.2. The number of hydrogen-bond donors (Lipinski definition) is 2. The minimum atomic E-state index is -4.74. The summed E-state index contributed by atoms with van der Waals surface area (Å²) in [4.78, 5) is 25.0. The van der Waals surface area contributed by atoms with E-state index in [1.165, 1.54) is 35.6 Å². The summed E-state index contributed by atoms with van der Waals surface area (Å²) in [5, 5.41) is 7.67. The molecule has 0 aliphatic carbocycles. The van der Waals surface area contributed by atoms with Gasteiger partial charge in [0.1, 0.15) is 11.4 Å². The first-order valence-corrected chi connectivity index (χ1v) is 9.23. The molecule has 2 heterocycles. The van der Waals surface area contributed by atoms with Gasteiger partial charge in [-0.3, -0.25) is 4.79 Å². The van der Waals surface area contributed by atoms with E-state index in [1.54, 1.807) is 5.38 Å². The van der Waals surface area contributed by atoms with Crippen LogP contribution in [0.1, 0.15) is 27.4 Å². The third-order valence-electron chi connectivity index (χ3n) is 3.55. The monoisotopic (exact) mass is 423 g/mol. The molecule has 0 bridgehead atoms. The average Bonchev–Trinajstić information content (AvgIpc) is 3.07. The Morgan fingerprint density at radius 3 is 2.38 bits per heavy atom. The first-order chi connectivity index (χ1) is 13.7. The van der Waals surface area contributed by atoms with Crippen LogP contribution in [-0.4, -0.2) is 27.2 Å². The molecule has 0 aliphatic rings. The topological polar surface area (TPSA) is 89.0 Å². The van der Waals surface area contributed by atoms with E-state index >= 15 is 0 Å². The van der Waals surface area contributed by atoms with Crippen LogP contribution in [0, 0.1) is 13.8 Å². The van der Waals surface area contributed by atoms with Gasteiger partial charge in [0, 0.05) is 23.3 Å². The van der Waals surface area contributed by atoms with Gasteiger partial charge in [0.2, 0.25) is 5.95 Å². The molecule has 0 saturated carbocycles. The van der Waals surface area contributed by atoms with Crippen molar-refractivity contribution in [3.63, 3.8) is 0 Å². The molecule has 2 N–H and O–H groups in total. The lowest BCUT2D eigenvalue weighted by Crippen LogP contribution is -2.23. The van der Waals surface area contributed by atoms with Gasteiger partial charge in [-0.25, -0.2) is 15.0 Å². The zero-order valence-corrected chi connectivity index (χ0v) is 16.2. The highest BCUT2D eigenvalue weighted by Crippen LogP contribution is 2.23. The summed E-state index contributed by atoms with van der Waals surface area (Å²) in [6, 6.07) is 7.08. The van der Waals surface area contributed by atoms with E-state index < -0.39 is 12.3 Å². The number of amides is 1. The van der Waals surface area contributed by atoms with Crippen LogP contribution in [0.2, 0.25) is 0 Å². The number of hydrogen-bond acceptors (Lipinski definition) is 7. The lowest BCUT2D eigenvalue weighted by Gasteiger charge is -2.09. The summed E-state index contributed by atoms with van der Waals surface area (Å²) in [7, 11) is 0. The van der Waals surface area contributed by atoms with Crippen molar-refractivity contribution in [1.29, 1.82) is 0 Å². The molecule has 0 unspecified atom stereocenters. The lowest BCUT2D eigenvalue weighted by atomic mass is 10.2. The highest BCUT2D eigenvalue weighted by Gasteiger charge is 2.30. The summed E-state index contributed by atoms with van der Waals surface area (Å²) in [5.41, 5.74) is 2.44. The van der Waals surface area contributed by atoms with Gasteiger partial charge in [0.05, 0.1) is 0 Å². The van der Waals surface area contributed by atoms with E-state index in [4.69, 9.17) is 0 Å². The molecule has 0 atom stereocenters. The molecule has 1 amide bonds. The molecule has 0 aliphatic heterocycles. The zero-order chi connectivity index (χ0) is 21.0. The second kappa shape index (κ2) is 8.43. The molecule has 29 heavy (non-hydrogen) atoms. The van der Waals surface area contributed by atoms with Gasteiger partial charge in [-0.1, -0.05) is 12.1 Å². The average molecular weight is 423 g/mol. The fourth-order valence-electron chi connectivity index (χ4n) is 2.39. The van der Waals surface area contributed by atoms with Crippen molar-refractivity contribution in [1.82, 2.24) is 20.3 Å². The summed E-state index contributed by atoms with van der Waals surface area (Å²) in [6.07, 6.45) is -4.74. The first-order valence-electron chi connectivity index (χ1n) is 8.36. The largest absolute Gasteiger partial charge is 0.573 e. The number of ether oxygens (including phenoxy) is 1. The number of thiazole rings is 1. The van der Waals surface area contributed by atoms with Crippen LogP contribution < -0.4 is 15.4 Å². The Kier molecular flexibility index (Phi) is 5.97. The first kappa shape index (κ1) is 20.5. The maximum absolute atomic E-state index is 12.2. The lowest BCUT2D eigenvalue weighted by molar-refractivity contribution is -0.274. The molecule has 11 heteroatoms. The summed E-state index contributed by atoms with van der Waals surface area (Å²) < 4.78 is 40.3. The van der Waals surface area contributed by atoms with E-state index in [0.29, 0.717) is 16.6 Å². The molecule has 0 radical (unpaired) electrons. The van der Waals surface area contributed by atoms with Gasteiger partial charge in [-0.15, -0.1) is 24.5 Å². The maximum Gasteiger partial charge on any atom is 0.573 e. The number of rotatable bonds is 6. The molecule has 0 fully saturated rings. The van der Waals surface area contributed by atoms with Crippen LogP contribution in [0.5, 0.6) is 5.75 Å². The van der Waals surface area contributed by atoms with E-state index in [1.807, 2.05) is 19.9 Å².